The Labute approximate surface area is 205 Å². The summed E-state index contributed by atoms with van der Waals surface area (Å²) in [6.07, 6.45) is 6.25. The molecule has 4 aromatic rings. The van der Waals surface area contributed by atoms with Crippen LogP contribution < -0.4 is 10.1 Å². The van der Waals surface area contributed by atoms with Crippen LogP contribution in [0.15, 0.2) is 49.1 Å². The summed E-state index contributed by atoms with van der Waals surface area (Å²) in [5, 5.41) is 21.4. The van der Waals surface area contributed by atoms with Gasteiger partial charge in [0.2, 0.25) is 5.91 Å². The number of aromatic nitrogens is 5. The number of benzene rings is 1. The van der Waals surface area contributed by atoms with E-state index in [1.165, 1.54) is 27.4 Å². The highest BCUT2D eigenvalue weighted by Gasteiger charge is 2.22. The summed E-state index contributed by atoms with van der Waals surface area (Å²) in [5.74, 6) is -0.216. The van der Waals surface area contributed by atoms with Gasteiger partial charge in [-0.1, -0.05) is 11.6 Å². The van der Waals surface area contributed by atoms with Gasteiger partial charge in [0.05, 0.1) is 31.6 Å². The number of hydrogen-bond donors (Lipinski definition) is 2. The number of hydrogen-bond acceptors (Lipinski definition) is 7. The number of carbonyl (C=O) groups is 2. The van der Waals surface area contributed by atoms with Crippen molar-refractivity contribution in [3.63, 3.8) is 0 Å². The van der Waals surface area contributed by atoms with E-state index in [2.05, 4.69) is 20.5 Å². The summed E-state index contributed by atoms with van der Waals surface area (Å²) < 4.78 is 8.39. The van der Waals surface area contributed by atoms with Crippen LogP contribution in [0.25, 0.3) is 16.9 Å². The molecule has 1 aromatic carbocycles. The van der Waals surface area contributed by atoms with Crippen LogP contribution in [-0.2, 0) is 11.3 Å². The Bertz CT molecular complexity index is 1380. The molecule has 1 atom stereocenters. The molecule has 0 spiro atoms. The third-order valence-electron chi connectivity index (χ3n) is 5.57. The normalized spacial score (nSPS) is 11.9. The molecule has 0 aliphatic carbocycles. The SMILES string of the molecule is COc1ccc(Cl)cc1-c1nn(CC(=O)N(C)C(C)CO)cc1NC(=O)c1cnn2cccnc12. The van der Waals surface area contributed by atoms with Gasteiger partial charge in [-0.05, 0) is 31.2 Å². The van der Waals surface area contributed by atoms with Crippen molar-refractivity contribution < 1.29 is 19.4 Å². The largest absolute Gasteiger partial charge is 0.496 e. The molecule has 1 unspecified atom stereocenters. The van der Waals surface area contributed by atoms with Gasteiger partial charge in [-0.15, -0.1) is 0 Å². The van der Waals surface area contributed by atoms with Crippen molar-refractivity contribution in [1.29, 1.82) is 0 Å². The fraction of sp³-hybridized carbons (Fsp3) is 0.261. The molecule has 2 N–H and O–H groups in total. The van der Waals surface area contributed by atoms with Crippen molar-refractivity contribution >= 4 is 34.7 Å². The van der Waals surface area contributed by atoms with Gasteiger partial charge >= 0.3 is 0 Å². The molecule has 12 heteroatoms. The van der Waals surface area contributed by atoms with E-state index in [9.17, 15) is 14.7 Å². The Balaban J connectivity index is 1.72. The van der Waals surface area contributed by atoms with Crippen LogP contribution in [0.2, 0.25) is 5.02 Å². The molecule has 4 rings (SSSR count). The molecular weight excluding hydrogens is 474 g/mol. The summed E-state index contributed by atoms with van der Waals surface area (Å²) >= 11 is 6.23. The summed E-state index contributed by atoms with van der Waals surface area (Å²) in [5.41, 5.74) is 1.92. The van der Waals surface area contributed by atoms with Crippen LogP contribution >= 0.6 is 11.6 Å². The first-order valence-corrected chi connectivity index (χ1v) is 11.1. The molecule has 0 saturated heterocycles. The predicted octanol–water partition coefficient (Wildman–Crippen LogP) is 2.35. The smallest absolute Gasteiger partial charge is 0.261 e. The van der Waals surface area contributed by atoms with Gasteiger partial charge in [0, 0.05) is 36.2 Å². The lowest BCUT2D eigenvalue weighted by Crippen LogP contribution is -2.39. The van der Waals surface area contributed by atoms with Gasteiger partial charge in [-0.3, -0.25) is 14.3 Å². The Morgan fingerprint density at radius 3 is 2.89 bits per heavy atom. The number of amides is 2. The number of fused-ring (bicyclic) bond motifs is 1. The van der Waals surface area contributed by atoms with Crippen molar-refractivity contribution in [1.82, 2.24) is 29.3 Å². The molecule has 0 radical (unpaired) electrons. The summed E-state index contributed by atoms with van der Waals surface area (Å²) in [6, 6.07) is 6.40. The van der Waals surface area contributed by atoms with Gasteiger partial charge in [0.15, 0.2) is 5.65 Å². The maximum absolute atomic E-state index is 13.2. The molecule has 182 valence electrons. The highest BCUT2D eigenvalue weighted by atomic mass is 35.5. The van der Waals surface area contributed by atoms with Crippen molar-refractivity contribution in [3.05, 3.63) is 59.6 Å². The second kappa shape index (κ2) is 10.1. The lowest BCUT2D eigenvalue weighted by atomic mass is 10.1. The standard InChI is InChI=1S/C23H24ClN7O4/c1-14(13-32)29(2)20(33)12-30-11-18(21(28-30)16-9-15(24)5-6-19(16)35-3)27-23(34)17-10-26-31-8-4-7-25-22(17)31/h4-11,14,32H,12-13H2,1-3H3,(H,27,34). The fourth-order valence-electron chi connectivity index (χ4n) is 3.45. The molecule has 3 heterocycles. The van der Waals surface area contributed by atoms with E-state index in [0.29, 0.717) is 33.4 Å². The first kappa shape index (κ1) is 24.2. The fourth-order valence-corrected chi connectivity index (χ4v) is 3.63. The molecule has 0 aliphatic heterocycles. The van der Waals surface area contributed by atoms with Crippen molar-refractivity contribution in [2.24, 2.45) is 0 Å². The summed E-state index contributed by atoms with van der Waals surface area (Å²) in [6.45, 7) is 1.46. The lowest BCUT2D eigenvalue weighted by molar-refractivity contribution is -0.133. The molecule has 0 bridgehead atoms. The zero-order valence-corrected chi connectivity index (χ0v) is 20.1. The number of rotatable bonds is 8. The summed E-state index contributed by atoms with van der Waals surface area (Å²) in [4.78, 5) is 31.5. The quantitative estimate of drug-likeness (QED) is 0.382. The van der Waals surface area contributed by atoms with E-state index >= 15 is 0 Å². The first-order chi connectivity index (χ1) is 16.8. The first-order valence-electron chi connectivity index (χ1n) is 10.7. The molecular formula is C23H24ClN7O4. The van der Waals surface area contributed by atoms with E-state index in [-0.39, 0.29) is 30.7 Å². The van der Waals surface area contributed by atoms with Crippen molar-refractivity contribution in [3.8, 4) is 17.0 Å². The number of aliphatic hydroxyl groups is 1. The van der Waals surface area contributed by atoms with Gasteiger partial charge in [-0.25, -0.2) is 9.50 Å². The number of aliphatic hydroxyl groups excluding tert-OH is 1. The molecule has 35 heavy (non-hydrogen) atoms. The zero-order chi connectivity index (χ0) is 25.1. The maximum Gasteiger partial charge on any atom is 0.261 e. The average molecular weight is 498 g/mol. The van der Waals surface area contributed by atoms with E-state index in [1.54, 1.807) is 56.8 Å². The van der Waals surface area contributed by atoms with E-state index in [1.807, 2.05) is 0 Å². The van der Waals surface area contributed by atoms with Crippen LogP contribution in [0.1, 0.15) is 17.3 Å². The number of halogens is 1. The van der Waals surface area contributed by atoms with Crippen LogP contribution in [0, 0.1) is 0 Å². The number of nitrogens with one attached hydrogen (secondary N) is 1. The number of anilines is 1. The Kier molecular flexibility index (Phi) is 6.99. The van der Waals surface area contributed by atoms with Crippen molar-refractivity contribution in [2.75, 3.05) is 26.1 Å². The van der Waals surface area contributed by atoms with Gasteiger partial charge < -0.3 is 20.1 Å². The van der Waals surface area contributed by atoms with Crippen LogP contribution in [0.4, 0.5) is 5.69 Å². The van der Waals surface area contributed by atoms with Crippen molar-refractivity contribution in [2.45, 2.75) is 19.5 Å². The summed E-state index contributed by atoms with van der Waals surface area (Å²) in [7, 11) is 3.12. The van der Waals surface area contributed by atoms with Gasteiger partial charge in [0.25, 0.3) is 5.91 Å². The highest BCUT2D eigenvalue weighted by molar-refractivity contribution is 6.31. The molecule has 0 aliphatic rings. The van der Waals surface area contributed by atoms with E-state index in [0.717, 1.165) is 0 Å². The average Bonchev–Trinajstić information content (AvgIpc) is 3.46. The third kappa shape index (κ3) is 4.96. The number of nitrogens with zero attached hydrogens (tertiary/aromatic N) is 6. The van der Waals surface area contributed by atoms with E-state index in [4.69, 9.17) is 16.3 Å². The second-order valence-corrected chi connectivity index (χ2v) is 8.31. The number of carbonyl (C=O) groups excluding carboxylic acids is 2. The van der Waals surface area contributed by atoms with E-state index < -0.39 is 5.91 Å². The minimum Gasteiger partial charge on any atom is -0.496 e. The Morgan fingerprint density at radius 2 is 2.14 bits per heavy atom. The maximum atomic E-state index is 13.2. The second-order valence-electron chi connectivity index (χ2n) is 7.87. The van der Waals surface area contributed by atoms with Crippen LogP contribution in [0.3, 0.4) is 0 Å². The van der Waals surface area contributed by atoms with Crippen LogP contribution in [-0.4, -0.2) is 73.0 Å². The minimum absolute atomic E-state index is 0.106. The van der Waals surface area contributed by atoms with Gasteiger partial charge in [-0.2, -0.15) is 10.2 Å². The Hall–Kier alpha value is -3.96. The predicted molar refractivity (Wildman–Crippen MR) is 129 cm³/mol. The lowest BCUT2D eigenvalue weighted by Gasteiger charge is -2.22. The zero-order valence-electron chi connectivity index (χ0n) is 19.3. The monoisotopic (exact) mass is 497 g/mol. The number of ether oxygens (including phenoxy) is 1. The third-order valence-corrected chi connectivity index (χ3v) is 5.80. The topological polar surface area (TPSA) is 127 Å². The van der Waals surface area contributed by atoms with Gasteiger partial charge in [0.1, 0.15) is 23.6 Å². The molecule has 0 saturated carbocycles. The van der Waals surface area contributed by atoms with Crippen LogP contribution in [0.5, 0.6) is 5.75 Å². The Morgan fingerprint density at radius 1 is 1.34 bits per heavy atom. The number of methoxy groups -OCH3 is 1. The minimum atomic E-state index is -0.446. The molecule has 2 amide bonds. The molecule has 11 nitrogen and oxygen atoms in total. The molecule has 3 aromatic heterocycles. The number of likely N-dealkylation sites (N-methyl/N-ethyl adjacent to an activating group) is 1. The highest BCUT2D eigenvalue weighted by Crippen LogP contribution is 2.36. The molecule has 0 fully saturated rings.